The van der Waals surface area contributed by atoms with Gasteiger partial charge in [0.2, 0.25) is 0 Å². The van der Waals surface area contributed by atoms with Crippen LogP contribution in [0.4, 0.5) is 0 Å². The van der Waals surface area contributed by atoms with Gasteiger partial charge in [0.1, 0.15) is 19.0 Å². The van der Waals surface area contributed by atoms with Crippen molar-refractivity contribution in [3.05, 3.63) is 41.3 Å². The summed E-state index contributed by atoms with van der Waals surface area (Å²) in [5, 5.41) is 0. The van der Waals surface area contributed by atoms with Crippen LogP contribution in [0, 0.1) is 19.8 Å². The summed E-state index contributed by atoms with van der Waals surface area (Å²) in [7, 11) is 0. The zero-order chi connectivity index (χ0) is 18.8. The molecule has 0 saturated carbocycles. The van der Waals surface area contributed by atoms with Crippen LogP contribution < -0.4 is 14.2 Å². The minimum atomic E-state index is 0.247. The van der Waals surface area contributed by atoms with E-state index >= 15 is 0 Å². The van der Waals surface area contributed by atoms with Crippen LogP contribution in [-0.2, 0) is 0 Å². The molecule has 0 amide bonds. The van der Waals surface area contributed by atoms with Crippen LogP contribution in [0.5, 0.6) is 17.4 Å². The lowest BCUT2D eigenvalue weighted by atomic mass is 10.1. The van der Waals surface area contributed by atoms with E-state index in [1.807, 2.05) is 38.1 Å². The molecular formula is C21H27N3O3. The average molecular weight is 369 g/mol. The van der Waals surface area contributed by atoms with Gasteiger partial charge in [0.25, 0.3) is 5.88 Å². The summed E-state index contributed by atoms with van der Waals surface area (Å²) in [4.78, 5) is 11.5. The van der Waals surface area contributed by atoms with E-state index in [0.29, 0.717) is 25.0 Å². The van der Waals surface area contributed by atoms with Gasteiger partial charge in [0, 0.05) is 42.0 Å². The third-order valence-corrected chi connectivity index (χ3v) is 5.26. The lowest BCUT2D eigenvalue weighted by Gasteiger charge is -2.25. The molecule has 2 aromatic rings. The summed E-state index contributed by atoms with van der Waals surface area (Å²) < 4.78 is 17.2. The Morgan fingerprint density at radius 1 is 1.15 bits per heavy atom. The summed E-state index contributed by atoms with van der Waals surface area (Å²) in [6.45, 7) is 10.2. The number of pyridine rings is 2. The van der Waals surface area contributed by atoms with Crippen molar-refractivity contribution in [1.82, 2.24) is 14.9 Å². The fourth-order valence-corrected chi connectivity index (χ4v) is 3.81. The Morgan fingerprint density at radius 2 is 1.93 bits per heavy atom. The van der Waals surface area contributed by atoms with Crippen molar-refractivity contribution in [3.63, 3.8) is 0 Å². The van der Waals surface area contributed by atoms with Crippen molar-refractivity contribution >= 4 is 0 Å². The summed E-state index contributed by atoms with van der Waals surface area (Å²) >= 11 is 0. The number of ether oxygens (including phenoxy) is 3. The summed E-state index contributed by atoms with van der Waals surface area (Å²) in [5.41, 5.74) is 3.02. The molecule has 1 saturated heterocycles. The lowest BCUT2D eigenvalue weighted by Crippen LogP contribution is -2.27. The van der Waals surface area contributed by atoms with Crippen molar-refractivity contribution in [3.8, 4) is 17.4 Å². The molecule has 0 aromatic carbocycles. The predicted octanol–water partition coefficient (Wildman–Crippen LogP) is 3.33. The number of aryl methyl sites for hydroxylation is 2. The second-order valence-corrected chi connectivity index (χ2v) is 7.46. The molecule has 6 heteroatoms. The zero-order valence-electron chi connectivity index (χ0n) is 16.3. The molecule has 4 rings (SSSR count). The van der Waals surface area contributed by atoms with E-state index in [1.165, 1.54) is 0 Å². The molecule has 27 heavy (non-hydrogen) atoms. The van der Waals surface area contributed by atoms with Gasteiger partial charge in [-0.05, 0) is 45.9 Å². The highest BCUT2D eigenvalue weighted by atomic mass is 16.6. The molecular weight excluding hydrogens is 342 g/mol. The Labute approximate surface area is 160 Å². The van der Waals surface area contributed by atoms with Crippen LogP contribution in [0.1, 0.15) is 36.5 Å². The number of aromatic nitrogens is 2. The van der Waals surface area contributed by atoms with Gasteiger partial charge < -0.3 is 14.2 Å². The van der Waals surface area contributed by atoms with Gasteiger partial charge in [-0.3, -0.25) is 9.88 Å². The fraction of sp³-hybridized carbons (Fsp3) is 0.524. The van der Waals surface area contributed by atoms with Gasteiger partial charge in [0.15, 0.2) is 5.75 Å². The standard InChI is InChI=1S/C21H27N3O3/c1-14-10-18(11-15(2)22-14)27-13-17-6-7-24(12-17)16(3)19-4-5-20-21(23-19)26-9-8-25-20/h4-5,10-11,16-17H,6-9,12-13H2,1-3H3/t16?,17-/m0/s1. The van der Waals surface area contributed by atoms with E-state index in [2.05, 4.69) is 21.8 Å². The smallest absolute Gasteiger partial charge is 0.257 e. The third kappa shape index (κ3) is 4.16. The second-order valence-electron chi connectivity index (χ2n) is 7.46. The van der Waals surface area contributed by atoms with Gasteiger partial charge >= 0.3 is 0 Å². The number of nitrogens with zero attached hydrogens (tertiary/aromatic N) is 3. The first-order valence-electron chi connectivity index (χ1n) is 9.67. The maximum atomic E-state index is 6.04. The molecule has 0 radical (unpaired) electrons. The van der Waals surface area contributed by atoms with Crippen LogP contribution in [0.2, 0.25) is 0 Å². The quantitative estimate of drug-likeness (QED) is 0.806. The van der Waals surface area contributed by atoms with Crippen molar-refractivity contribution < 1.29 is 14.2 Å². The molecule has 0 N–H and O–H groups in total. The van der Waals surface area contributed by atoms with Crippen LogP contribution in [0.25, 0.3) is 0 Å². The van der Waals surface area contributed by atoms with Gasteiger partial charge in [-0.15, -0.1) is 0 Å². The van der Waals surface area contributed by atoms with Crippen LogP contribution in [0.3, 0.4) is 0 Å². The number of hydrogen-bond donors (Lipinski definition) is 0. The highest BCUT2D eigenvalue weighted by Gasteiger charge is 2.28. The van der Waals surface area contributed by atoms with E-state index in [9.17, 15) is 0 Å². The normalized spacial score (nSPS) is 20.5. The average Bonchev–Trinajstić information content (AvgIpc) is 3.14. The van der Waals surface area contributed by atoms with Crippen molar-refractivity contribution in [2.45, 2.75) is 33.2 Å². The molecule has 2 aromatic heterocycles. The number of likely N-dealkylation sites (tertiary alicyclic amines) is 1. The highest BCUT2D eigenvalue weighted by Crippen LogP contribution is 2.32. The topological polar surface area (TPSA) is 56.7 Å². The molecule has 4 heterocycles. The Kier molecular flexibility index (Phi) is 5.16. The third-order valence-electron chi connectivity index (χ3n) is 5.26. The number of hydrogen-bond acceptors (Lipinski definition) is 6. The highest BCUT2D eigenvalue weighted by molar-refractivity contribution is 5.36. The van der Waals surface area contributed by atoms with Gasteiger partial charge in [-0.25, -0.2) is 4.98 Å². The Morgan fingerprint density at radius 3 is 2.74 bits per heavy atom. The minimum Gasteiger partial charge on any atom is -0.493 e. The van der Waals surface area contributed by atoms with E-state index in [-0.39, 0.29) is 6.04 Å². The fourth-order valence-electron chi connectivity index (χ4n) is 3.81. The first-order chi connectivity index (χ1) is 13.1. The van der Waals surface area contributed by atoms with E-state index in [4.69, 9.17) is 14.2 Å². The first kappa shape index (κ1) is 18.0. The largest absolute Gasteiger partial charge is 0.493 e. The molecule has 0 aliphatic carbocycles. The number of fused-ring (bicyclic) bond motifs is 1. The maximum absolute atomic E-state index is 6.04. The Balaban J connectivity index is 1.34. The van der Waals surface area contributed by atoms with E-state index in [1.54, 1.807) is 0 Å². The molecule has 2 aliphatic rings. The molecule has 6 nitrogen and oxygen atoms in total. The van der Waals surface area contributed by atoms with Crippen molar-refractivity contribution in [1.29, 1.82) is 0 Å². The van der Waals surface area contributed by atoms with Crippen LogP contribution in [-0.4, -0.2) is 47.8 Å². The van der Waals surface area contributed by atoms with Gasteiger partial charge in [0.05, 0.1) is 12.3 Å². The molecule has 0 spiro atoms. The summed E-state index contributed by atoms with van der Waals surface area (Å²) in [5.74, 6) is 2.80. The van der Waals surface area contributed by atoms with E-state index in [0.717, 1.165) is 54.7 Å². The molecule has 2 atom stereocenters. The molecule has 2 aliphatic heterocycles. The van der Waals surface area contributed by atoms with Gasteiger partial charge in [-0.2, -0.15) is 0 Å². The molecule has 1 unspecified atom stereocenters. The van der Waals surface area contributed by atoms with Crippen LogP contribution in [0.15, 0.2) is 24.3 Å². The molecule has 0 bridgehead atoms. The van der Waals surface area contributed by atoms with E-state index < -0.39 is 0 Å². The molecule has 1 fully saturated rings. The summed E-state index contributed by atoms with van der Waals surface area (Å²) in [6, 6.07) is 8.27. The second kappa shape index (κ2) is 7.72. The van der Waals surface area contributed by atoms with Gasteiger partial charge in [-0.1, -0.05) is 0 Å². The van der Waals surface area contributed by atoms with Crippen molar-refractivity contribution in [2.75, 3.05) is 32.9 Å². The zero-order valence-corrected chi connectivity index (χ0v) is 16.3. The Bertz CT molecular complexity index is 791. The monoisotopic (exact) mass is 369 g/mol. The van der Waals surface area contributed by atoms with Crippen molar-refractivity contribution in [2.24, 2.45) is 5.92 Å². The number of rotatable bonds is 5. The maximum Gasteiger partial charge on any atom is 0.257 e. The minimum absolute atomic E-state index is 0.247. The SMILES string of the molecule is Cc1cc(OC[C@H]2CCN(C(C)c3ccc4c(n3)OCCO4)C2)cc(C)n1. The molecule has 144 valence electrons. The Hall–Kier alpha value is -2.34. The lowest BCUT2D eigenvalue weighted by molar-refractivity contribution is 0.161. The van der Waals surface area contributed by atoms with Crippen LogP contribution >= 0.6 is 0 Å². The first-order valence-corrected chi connectivity index (χ1v) is 9.67. The predicted molar refractivity (Wildman–Crippen MR) is 103 cm³/mol. The summed E-state index contributed by atoms with van der Waals surface area (Å²) in [6.07, 6.45) is 1.14.